The fourth-order valence-corrected chi connectivity index (χ4v) is 6.47. The number of rotatable bonds is 7. The Morgan fingerprint density at radius 2 is 1.87 bits per heavy atom. The molecular formula is C33H40N6O6. The summed E-state index contributed by atoms with van der Waals surface area (Å²) in [5, 5.41) is 12.5. The lowest BCUT2D eigenvalue weighted by atomic mass is 9.94. The highest BCUT2D eigenvalue weighted by atomic mass is 16.5. The number of aromatic nitrogens is 1. The molecule has 0 saturated carbocycles. The van der Waals surface area contributed by atoms with Crippen LogP contribution >= 0.6 is 0 Å². The monoisotopic (exact) mass is 616 g/mol. The third-order valence-corrected chi connectivity index (χ3v) is 8.84. The van der Waals surface area contributed by atoms with Crippen LogP contribution in [0.15, 0.2) is 53.1 Å². The molecular weight excluding hydrogens is 576 g/mol. The molecule has 1 aromatic heterocycles. The van der Waals surface area contributed by atoms with Gasteiger partial charge in [-0.2, -0.15) is 0 Å². The summed E-state index contributed by atoms with van der Waals surface area (Å²) in [6.45, 7) is 6.36. The number of benzene rings is 2. The molecule has 238 valence electrons. The second-order valence-corrected chi connectivity index (χ2v) is 12.1. The van der Waals surface area contributed by atoms with Crippen LogP contribution in [0.3, 0.4) is 0 Å². The lowest BCUT2D eigenvalue weighted by Gasteiger charge is -2.42. The number of hydrogen-bond acceptors (Lipinski definition) is 8. The molecule has 3 N–H and O–H groups in total. The number of anilines is 2. The Morgan fingerprint density at radius 1 is 1.04 bits per heavy atom. The van der Waals surface area contributed by atoms with Gasteiger partial charge in [0.25, 0.3) is 5.91 Å². The molecule has 0 bridgehead atoms. The highest BCUT2D eigenvalue weighted by Crippen LogP contribution is 2.33. The van der Waals surface area contributed by atoms with Gasteiger partial charge in [-0.3, -0.25) is 14.5 Å². The zero-order chi connectivity index (χ0) is 31.5. The molecule has 2 fully saturated rings. The summed E-state index contributed by atoms with van der Waals surface area (Å²) in [6.07, 6.45) is 1.94. The molecule has 2 aromatic carbocycles. The lowest BCUT2D eigenvalue weighted by molar-refractivity contribution is -0.134. The Bertz CT molecular complexity index is 1520. The highest BCUT2D eigenvalue weighted by Gasteiger charge is 2.39. The average molecular weight is 617 g/mol. The number of likely N-dealkylation sites (tertiary alicyclic amines) is 1. The van der Waals surface area contributed by atoms with Crippen molar-refractivity contribution in [2.75, 3.05) is 37.4 Å². The van der Waals surface area contributed by atoms with E-state index in [0.29, 0.717) is 47.0 Å². The Morgan fingerprint density at radius 3 is 2.64 bits per heavy atom. The maximum Gasteiger partial charge on any atom is 0.323 e. The summed E-state index contributed by atoms with van der Waals surface area (Å²) in [6, 6.07) is 14.8. The second kappa shape index (κ2) is 13.3. The summed E-state index contributed by atoms with van der Waals surface area (Å²) < 4.78 is 17.6. The van der Waals surface area contributed by atoms with Gasteiger partial charge in [-0.1, -0.05) is 35.5 Å². The molecule has 3 aliphatic rings. The van der Waals surface area contributed by atoms with E-state index in [4.69, 9.17) is 14.0 Å². The lowest BCUT2D eigenvalue weighted by Crippen LogP contribution is -2.54. The van der Waals surface area contributed by atoms with Gasteiger partial charge in [-0.15, -0.1) is 0 Å². The minimum atomic E-state index is -0.481. The molecule has 2 saturated heterocycles. The minimum Gasteiger partial charge on any atom is -0.490 e. The van der Waals surface area contributed by atoms with Gasteiger partial charge in [-0.05, 0) is 56.9 Å². The van der Waals surface area contributed by atoms with E-state index < -0.39 is 6.03 Å². The first-order chi connectivity index (χ1) is 21.7. The van der Waals surface area contributed by atoms with E-state index >= 15 is 0 Å². The van der Waals surface area contributed by atoms with Crippen molar-refractivity contribution in [1.29, 1.82) is 0 Å². The van der Waals surface area contributed by atoms with Gasteiger partial charge in [0.15, 0.2) is 5.76 Å². The molecule has 12 nitrogen and oxygen atoms in total. The van der Waals surface area contributed by atoms with E-state index in [1.165, 1.54) is 5.56 Å². The molecule has 4 atom stereocenters. The highest BCUT2D eigenvalue weighted by molar-refractivity contribution is 6.03. The van der Waals surface area contributed by atoms with Crippen LogP contribution < -0.4 is 20.7 Å². The van der Waals surface area contributed by atoms with E-state index in [2.05, 4.69) is 38.1 Å². The molecule has 4 amide bonds. The quantitative estimate of drug-likeness (QED) is 0.361. The molecule has 0 spiro atoms. The van der Waals surface area contributed by atoms with Crippen LogP contribution in [0.2, 0.25) is 0 Å². The van der Waals surface area contributed by atoms with Crippen LogP contribution in [-0.2, 0) is 16.1 Å². The van der Waals surface area contributed by atoms with Gasteiger partial charge in [0.05, 0.1) is 24.1 Å². The van der Waals surface area contributed by atoms with Gasteiger partial charge >= 0.3 is 6.03 Å². The number of urea groups is 1. The van der Waals surface area contributed by atoms with Crippen molar-refractivity contribution in [1.82, 2.24) is 20.3 Å². The fraction of sp³-hybridized carbons (Fsp3) is 0.455. The second-order valence-electron chi connectivity index (χ2n) is 12.1. The molecule has 0 aliphatic carbocycles. The molecule has 3 aliphatic heterocycles. The van der Waals surface area contributed by atoms with Crippen LogP contribution in [0.1, 0.15) is 53.1 Å². The number of likely N-dealkylation sites (N-methyl/N-ethyl adjacent to an activating group) is 1. The molecule has 12 heteroatoms. The van der Waals surface area contributed by atoms with Gasteiger partial charge < -0.3 is 34.8 Å². The number of nitrogens with zero attached hydrogens (tertiary/aromatic N) is 3. The Kier molecular flexibility index (Phi) is 9.04. The molecule has 3 aromatic rings. The van der Waals surface area contributed by atoms with Crippen LogP contribution in [0.25, 0.3) is 0 Å². The molecule has 0 radical (unpaired) electrons. The van der Waals surface area contributed by atoms with E-state index in [1.807, 2.05) is 18.2 Å². The Hall–Kier alpha value is -4.42. The van der Waals surface area contributed by atoms with E-state index in [9.17, 15) is 14.4 Å². The Labute approximate surface area is 262 Å². The first-order valence-electron chi connectivity index (χ1n) is 15.5. The van der Waals surface area contributed by atoms with Crippen molar-refractivity contribution in [2.45, 2.75) is 70.4 Å². The normalized spacial score (nSPS) is 23.3. The Balaban J connectivity index is 1.02. The first kappa shape index (κ1) is 30.6. The van der Waals surface area contributed by atoms with Gasteiger partial charge in [0.1, 0.15) is 29.8 Å². The van der Waals surface area contributed by atoms with E-state index in [-0.39, 0.29) is 49.1 Å². The van der Waals surface area contributed by atoms with Gasteiger partial charge in [0.2, 0.25) is 5.91 Å². The van der Waals surface area contributed by atoms with Crippen LogP contribution in [0.5, 0.6) is 5.75 Å². The topological polar surface area (TPSA) is 138 Å². The molecule has 0 unspecified atom stereocenters. The predicted molar refractivity (Wildman–Crippen MR) is 167 cm³/mol. The minimum absolute atomic E-state index is 0.00929. The number of fused-ring (bicyclic) bond motifs is 2. The number of hydrogen-bond donors (Lipinski definition) is 3. The molecule has 45 heavy (non-hydrogen) atoms. The largest absolute Gasteiger partial charge is 0.490 e. The third kappa shape index (κ3) is 7.12. The smallest absolute Gasteiger partial charge is 0.323 e. The summed E-state index contributed by atoms with van der Waals surface area (Å²) in [7, 11) is 1.76. The standard InChI is InChI=1S/C33H40N6O6/c1-20-31(21(2)45-37-20)36-33(42)35-23-9-12-28-26(15-23)32(41)38(3)27-11-10-25(44-29(27)19-43-28)16-30(40)34-24-13-14-39(18-24)17-22-7-5-4-6-8-22/h4-9,12,15,24-25,27,29H,10-11,13-14,16-19H2,1-3H3,(H,34,40)(H2,35,36,42)/t24-,25+,27-,29+/m0/s1. The summed E-state index contributed by atoms with van der Waals surface area (Å²) in [5.41, 5.74) is 3.14. The number of ether oxygens (including phenoxy) is 2. The number of aryl methyl sites for hydroxylation is 2. The summed E-state index contributed by atoms with van der Waals surface area (Å²) >= 11 is 0. The maximum atomic E-state index is 13.6. The number of nitrogens with one attached hydrogen (secondary N) is 3. The molecule has 4 heterocycles. The number of carbonyl (C=O) groups is 3. The SMILES string of the molecule is Cc1noc(C)c1NC(=O)Nc1ccc2c(c1)C(=O)N(C)[C@H]1CC[C@H](CC(=O)N[C@H]3CCN(Cc4ccccc4)C3)O[C@@H]1CO2. The van der Waals surface area contributed by atoms with Crippen LogP contribution in [0.4, 0.5) is 16.2 Å². The number of carbonyl (C=O) groups excluding carboxylic acids is 3. The first-order valence-corrected chi connectivity index (χ1v) is 15.5. The summed E-state index contributed by atoms with van der Waals surface area (Å²) in [5.74, 6) is 0.671. The van der Waals surface area contributed by atoms with Crippen molar-refractivity contribution in [3.63, 3.8) is 0 Å². The summed E-state index contributed by atoms with van der Waals surface area (Å²) in [4.78, 5) is 43.3. The van der Waals surface area contributed by atoms with E-state index in [0.717, 1.165) is 26.1 Å². The van der Waals surface area contributed by atoms with Crippen molar-refractivity contribution < 1.29 is 28.4 Å². The van der Waals surface area contributed by atoms with Crippen molar-refractivity contribution in [3.05, 3.63) is 71.1 Å². The third-order valence-electron chi connectivity index (χ3n) is 8.84. The maximum absolute atomic E-state index is 13.6. The average Bonchev–Trinajstić information content (AvgIpc) is 3.60. The zero-order valence-corrected chi connectivity index (χ0v) is 25.9. The van der Waals surface area contributed by atoms with Gasteiger partial charge in [0, 0.05) is 38.4 Å². The predicted octanol–water partition coefficient (Wildman–Crippen LogP) is 4.10. The fourth-order valence-electron chi connectivity index (χ4n) is 6.47. The van der Waals surface area contributed by atoms with Crippen molar-refractivity contribution >= 4 is 29.2 Å². The number of amides is 4. The van der Waals surface area contributed by atoms with Crippen molar-refractivity contribution in [3.8, 4) is 5.75 Å². The van der Waals surface area contributed by atoms with Gasteiger partial charge in [-0.25, -0.2) is 4.79 Å². The van der Waals surface area contributed by atoms with Crippen molar-refractivity contribution in [2.24, 2.45) is 0 Å². The zero-order valence-electron chi connectivity index (χ0n) is 25.9. The van der Waals surface area contributed by atoms with Crippen LogP contribution in [-0.4, -0.2) is 83.8 Å². The van der Waals surface area contributed by atoms with E-state index in [1.54, 1.807) is 44.0 Å². The molecule has 6 rings (SSSR count). The van der Waals surface area contributed by atoms with Crippen LogP contribution in [0, 0.1) is 13.8 Å².